The summed E-state index contributed by atoms with van der Waals surface area (Å²) in [4.78, 5) is 15.3. The van der Waals surface area contributed by atoms with E-state index in [2.05, 4.69) is 18.0 Å². The van der Waals surface area contributed by atoms with E-state index < -0.39 is 0 Å². The molecule has 122 valence electrons. The summed E-state index contributed by atoms with van der Waals surface area (Å²) in [5.41, 5.74) is 2.88. The topological polar surface area (TPSA) is 39.9 Å². The summed E-state index contributed by atoms with van der Waals surface area (Å²) in [7, 11) is 0. The highest BCUT2D eigenvalue weighted by Gasteiger charge is 2.15. The number of pyridine rings is 1. The van der Waals surface area contributed by atoms with E-state index in [9.17, 15) is 0 Å². The minimum Gasteiger partial charge on any atom is -0.412 e. The molecule has 5 heteroatoms. The van der Waals surface area contributed by atoms with Gasteiger partial charge >= 0.3 is 0 Å². The quantitative estimate of drug-likeness (QED) is 0.454. The van der Waals surface area contributed by atoms with Crippen LogP contribution in [0.3, 0.4) is 0 Å². The SMILES string of the molecule is CCCCc1nc2cnc3ccccc3c2n1OCCCCCl. The van der Waals surface area contributed by atoms with Gasteiger partial charge in [-0.05, 0) is 25.3 Å². The van der Waals surface area contributed by atoms with E-state index >= 15 is 0 Å². The van der Waals surface area contributed by atoms with Crippen molar-refractivity contribution in [2.24, 2.45) is 0 Å². The van der Waals surface area contributed by atoms with E-state index in [0.29, 0.717) is 12.5 Å². The molecule has 0 aliphatic carbocycles. The maximum Gasteiger partial charge on any atom is 0.146 e. The van der Waals surface area contributed by atoms with Gasteiger partial charge in [-0.2, -0.15) is 4.73 Å². The first-order valence-electron chi connectivity index (χ1n) is 8.29. The zero-order valence-corrected chi connectivity index (χ0v) is 14.2. The Morgan fingerprint density at radius 3 is 2.83 bits per heavy atom. The molecule has 3 aromatic rings. The number of para-hydroxylation sites is 1. The highest BCUT2D eigenvalue weighted by atomic mass is 35.5. The van der Waals surface area contributed by atoms with E-state index in [0.717, 1.165) is 59.9 Å². The van der Waals surface area contributed by atoms with E-state index in [1.807, 2.05) is 29.1 Å². The van der Waals surface area contributed by atoms with Gasteiger partial charge in [0.05, 0.1) is 11.7 Å². The second-order valence-electron chi connectivity index (χ2n) is 5.66. The van der Waals surface area contributed by atoms with Gasteiger partial charge in [-0.25, -0.2) is 4.98 Å². The molecule has 0 unspecified atom stereocenters. The highest BCUT2D eigenvalue weighted by molar-refractivity contribution is 6.17. The minimum absolute atomic E-state index is 0.647. The molecular weight excluding hydrogens is 310 g/mol. The average molecular weight is 332 g/mol. The molecule has 0 amide bonds. The Hall–Kier alpha value is -1.81. The molecule has 0 aliphatic heterocycles. The number of rotatable bonds is 8. The fourth-order valence-corrected chi connectivity index (χ4v) is 2.90. The molecule has 0 radical (unpaired) electrons. The molecule has 0 saturated carbocycles. The molecule has 1 aromatic carbocycles. The third-order valence-electron chi connectivity index (χ3n) is 3.92. The fourth-order valence-electron chi connectivity index (χ4n) is 2.71. The number of benzene rings is 1. The van der Waals surface area contributed by atoms with Gasteiger partial charge in [0, 0.05) is 17.7 Å². The first kappa shape index (κ1) is 16.1. The van der Waals surface area contributed by atoms with Gasteiger partial charge in [-0.15, -0.1) is 11.6 Å². The standard InChI is InChI=1S/C18H22ClN3O/c1-2-3-10-17-21-16-13-20-15-9-5-4-8-14(15)18(16)22(17)23-12-7-6-11-19/h4-5,8-9,13H,2-3,6-7,10-12H2,1H3. The summed E-state index contributed by atoms with van der Waals surface area (Å²) in [6, 6.07) is 8.13. The number of hydrogen-bond donors (Lipinski definition) is 0. The van der Waals surface area contributed by atoms with Crippen LogP contribution in [0.5, 0.6) is 0 Å². The summed E-state index contributed by atoms with van der Waals surface area (Å²) < 4.78 is 1.92. The van der Waals surface area contributed by atoms with Crippen LogP contribution in [0, 0.1) is 0 Å². The first-order chi connectivity index (χ1) is 11.3. The number of aryl methyl sites for hydroxylation is 1. The Balaban J connectivity index is 2.04. The fraction of sp³-hybridized carbons (Fsp3) is 0.444. The smallest absolute Gasteiger partial charge is 0.146 e. The number of nitrogens with zero attached hydrogens (tertiary/aromatic N) is 3. The lowest BCUT2D eigenvalue weighted by Gasteiger charge is -2.11. The van der Waals surface area contributed by atoms with Crippen LogP contribution in [-0.2, 0) is 6.42 Å². The molecule has 2 aromatic heterocycles. The lowest BCUT2D eigenvalue weighted by molar-refractivity contribution is 0.110. The van der Waals surface area contributed by atoms with E-state index in [4.69, 9.17) is 21.4 Å². The Bertz CT molecular complexity index is 784. The van der Waals surface area contributed by atoms with E-state index in [1.54, 1.807) is 0 Å². The van der Waals surface area contributed by atoms with Crippen LogP contribution in [0.25, 0.3) is 21.9 Å². The lowest BCUT2D eigenvalue weighted by atomic mass is 10.2. The van der Waals surface area contributed by atoms with Crippen molar-refractivity contribution < 1.29 is 4.84 Å². The van der Waals surface area contributed by atoms with Crippen LogP contribution in [0.1, 0.15) is 38.4 Å². The lowest BCUT2D eigenvalue weighted by Crippen LogP contribution is -2.16. The molecule has 23 heavy (non-hydrogen) atoms. The zero-order chi connectivity index (χ0) is 16.1. The molecule has 0 fully saturated rings. The third kappa shape index (κ3) is 3.42. The molecule has 0 aliphatic rings. The molecule has 0 N–H and O–H groups in total. The summed E-state index contributed by atoms with van der Waals surface area (Å²) in [5.74, 6) is 1.65. The van der Waals surface area contributed by atoms with Crippen LogP contribution in [-0.4, -0.2) is 27.2 Å². The second kappa shape index (κ2) is 7.64. The van der Waals surface area contributed by atoms with Crippen molar-refractivity contribution in [1.29, 1.82) is 0 Å². The normalized spacial score (nSPS) is 11.4. The molecule has 0 saturated heterocycles. The predicted molar refractivity (Wildman–Crippen MR) is 95.0 cm³/mol. The van der Waals surface area contributed by atoms with E-state index in [-0.39, 0.29) is 0 Å². The summed E-state index contributed by atoms with van der Waals surface area (Å²) >= 11 is 5.75. The van der Waals surface area contributed by atoms with Gasteiger partial charge in [0.15, 0.2) is 0 Å². The summed E-state index contributed by atoms with van der Waals surface area (Å²) in [5, 5.41) is 1.08. The van der Waals surface area contributed by atoms with E-state index in [1.165, 1.54) is 0 Å². The molecule has 0 atom stereocenters. The van der Waals surface area contributed by atoms with Crippen molar-refractivity contribution in [2.45, 2.75) is 39.0 Å². The minimum atomic E-state index is 0.647. The molecule has 0 spiro atoms. The van der Waals surface area contributed by atoms with Crippen molar-refractivity contribution >= 4 is 33.5 Å². The molecule has 0 bridgehead atoms. The van der Waals surface area contributed by atoms with Gasteiger partial charge in [-0.1, -0.05) is 31.5 Å². The van der Waals surface area contributed by atoms with Gasteiger partial charge < -0.3 is 4.84 Å². The summed E-state index contributed by atoms with van der Waals surface area (Å²) in [6.07, 6.45) is 6.88. The van der Waals surface area contributed by atoms with Gasteiger partial charge in [0.2, 0.25) is 0 Å². The van der Waals surface area contributed by atoms with Crippen LogP contribution < -0.4 is 4.84 Å². The van der Waals surface area contributed by atoms with Crippen molar-refractivity contribution in [3.63, 3.8) is 0 Å². The van der Waals surface area contributed by atoms with Crippen molar-refractivity contribution in [2.75, 3.05) is 12.5 Å². The average Bonchev–Trinajstić information content (AvgIpc) is 2.95. The first-order valence-corrected chi connectivity index (χ1v) is 8.83. The van der Waals surface area contributed by atoms with Crippen LogP contribution in [0.4, 0.5) is 0 Å². The largest absolute Gasteiger partial charge is 0.412 e. The van der Waals surface area contributed by atoms with Crippen molar-refractivity contribution in [3.05, 3.63) is 36.3 Å². The van der Waals surface area contributed by atoms with Crippen molar-refractivity contribution in [3.8, 4) is 0 Å². The zero-order valence-electron chi connectivity index (χ0n) is 13.5. The second-order valence-corrected chi connectivity index (χ2v) is 6.04. The Kier molecular flexibility index (Phi) is 5.34. The maximum absolute atomic E-state index is 6.07. The predicted octanol–water partition coefficient (Wildman–Crippen LogP) is 4.37. The molecule has 2 heterocycles. The van der Waals surface area contributed by atoms with Crippen LogP contribution in [0.15, 0.2) is 30.5 Å². The number of imidazole rings is 1. The monoisotopic (exact) mass is 331 g/mol. The van der Waals surface area contributed by atoms with Gasteiger partial charge in [0.1, 0.15) is 23.5 Å². The molecule has 3 rings (SSSR count). The third-order valence-corrected chi connectivity index (χ3v) is 4.18. The number of alkyl halides is 1. The Morgan fingerprint density at radius 1 is 1.13 bits per heavy atom. The van der Waals surface area contributed by atoms with Gasteiger partial charge in [0.25, 0.3) is 0 Å². The maximum atomic E-state index is 6.07. The number of hydrogen-bond acceptors (Lipinski definition) is 3. The highest BCUT2D eigenvalue weighted by Crippen LogP contribution is 2.24. The number of fused-ring (bicyclic) bond motifs is 3. The molecular formula is C18H22ClN3O. The Labute approximate surface area is 141 Å². The van der Waals surface area contributed by atoms with Crippen LogP contribution >= 0.6 is 11.6 Å². The Morgan fingerprint density at radius 2 is 2.00 bits per heavy atom. The number of halogens is 1. The van der Waals surface area contributed by atoms with Crippen molar-refractivity contribution in [1.82, 2.24) is 14.7 Å². The van der Waals surface area contributed by atoms with Gasteiger partial charge in [-0.3, -0.25) is 4.98 Å². The number of unbranched alkanes of at least 4 members (excludes halogenated alkanes) is 2. The van der Waals surface area contributed by atoms with Crippen LogP contribution in [0.2, 0.25) is 0 Å². The number of aromatic nitrogens is 3. The summed E-state index contributed by atoms with van der Waals surface area (Å²) in [6.45, 7) is 2.83. The molecule has 4 nitrogen and oxygen atoms in total.